The summed E-state index contributed by atoms with van der Waals surface area (Å²) in [7, 11) is 0. The molecular formula is C15H22BrClN2O. The molecule has 0 aliphatic carbocycles. The lowest BCUT2D eigenvalue weighted by molar-refractivity contribution is -0.125. The van der Waals surface area contributed by atoms with E-state index in [1.165, 1.54) is 6.42 Å². The smallest absolute Gasteiger partial charge is 0.230 e. The SMILES string of the molecule is CC(C)(C(=O)NCC1CCCN1)c1cccc(Br)c1.Cl. The van der Waals surface area contributed by atoms with Crippen molar-refractivity contribution in [1.82, 2.24) is 10.6 Å². The van der Waals surface area contributed by atoms with Crippen LogP contribution in [0.3, 0.4) is 0 Å². The normalized spacial score (nSPS) is 18.4. The molecule has 1 aromatic carbocycles. The van der Waals surface area contributed by atoms with Crippen LogP contribution in [-0.2, 0) is 10.2 Å². The van der Waals surface area contributed by atoms with Crippen LogP contribution in [0.15, 0.2) is 28.7 Å². The lowest BCUT2D eigenvalue weighted by atomic mass is 9.83. The summed E-state index contributed by atoms with van der Waals surface area (Å²) in [6.07, 6.45) is 2.35. The van der Waals surface area contributed by atoms with Crippen molar-refractivity contribution in [2.24, 2.45) is 0 Å². The van der Waals surface area contributed by atoms with E-state index in [4.69, 9.17) is 0 Å². The molecule has 1 atom stereocenters. The quantitative estimate of drug-likeness (QED) is 0.865. The van der Waals surface area contributed by atoms with Gasteiger partial charge in [-0.25, -0.2) is 0 Å². The average Bonchev–Trinajstić information content (AvgIpc) is 2.89. The third-order valence-corrected chi connectivity index (χ3v) is 4.28. The Morgan fingerprint density at radius 3 is 2.85 bits per heavy atom. The van der Waals surface area contributed by atoms with E-state index in [-0.39, 0.29) is 18.3 Å². The third kappa shape index (κ3) is 4.21. The Kier molecular flexibility index (Phi) is 6.49. The van der Waals surface area contributed by atoms with E-state index >= 15 is 0 Å². The third-order valence-electron chi connectivity index (χ3n) is 3.79. The second kappa shape index (κ2) is 7.43. The van der Waals surface area contributed by atoms with Crippen LogP contribution < -0.4 is 10.6 Å². The lowest BCUT2D eigenvalue weighted by Gasteiger charge is -2.25. The highest BCUT2D eigenvalue weighted by molar-refractivity contribution is 9.10. The van der Waals surface area contributed by atoms with Gasteiger partial charge in [-0.3, -0.25) is 4.79 Å². The number of nitrogens with one attached hydrogen (secondary N) is 2. The fraction of sp³-hybridized carbons (Fsp3) is 0.533. The number of amides is 1. The van der Waals surface area contributed by atoms with E-state index in [9.17, 15) is 4.79 Å². The number of hydrogen-bond donors (Lipinski definition) is 2. The van der Waals surface area contributed by atoms with E-state index in [1.807, 2.05) is 38.1 Å². The summed E-state index contributed by atoms with van der Waals surface area (Å²) in [5.41, 5.74) is 0.515. The maximum absolute atomic E-state index is 12.4. The Morgan fingerprint density at radius 1 is 1.50 bits per heavy atom. The molecule has 1 saturated heterocycles. The highest BCUT2D eigenvalue weighted by Crippen LogP contribution is 2.26. The van der Waals surface area contributed by atoms with Gasteiger partial charge in [0.05, 0.1) is 5.41 Å². The maximum atomic E-state index is 12.4. The summed E-state index contributed by atoms with van der Waals surface area (Å²) < 4.78 is 1.00. The zero-order chi connectivity index (χ0) is 13.9. The fourth-order valence-electron chi connectivity index (χ4n) is 2.38. The van der Waals surface area contributed by atoms with Gasteiger partial charge in [0.2, 0.25) is 5.91 Å². The summed E-state index contributed by atoms with van der Waals surface area (Å²) in [5.74, 6) is 0.0827. The van der Waals surface area contributed by atoms with Crippen molar-refractivity contribution >= 4 is 34.2 Å². The van der Waals surface area contributed by atoms with Gasteiger partial charge in [-0.05, 0) is 50.9 Å². The van der Waals surface area contributed by atoms with E-state index < -0.39 is 5.41 Å². The first kappa shape index (κ1) is 17.5. The van der Waals surface area contributed by atoms with E-state index in [1.54, 1.807) is 0 Å². The Balaban J connectivity index is 0.00000200. The van der Waals surface area contributed by atoms with Crippen molar-refractivity contribution in [3.8, 4) is 0 Å². The van der Waals surface area contributed by atoms with Gasteiger partial charge >= 0.3 is 0 Å². The molecule has 112 valence electrons. The molecule has 3 nitrogen and oxygen atoms in total. The number of carbonyl (C=O) groups is 1. The molecule has 1 heterocycles. The molecule has 0 radical (unpaired) electrons. The molecule has 5 heteroatoms. The zero-order valence-corrected chi connectivity index (χ0v) is 14.3. The van der Waals surface area contributed by atoms with Crippen molar-refractivity contribution in [1.29, 1.82) is 0 Å². The predicted molar refractivity (Wildman–Crippen MR) is 88.5 cm³/mol. The molecule has 0 spiro atoms. The molecule has 1 fully saturated rings. The highest BCUT2D eigenvalue weighted by atomic mass is 79.9. The van der Waals surface area contributed by atoms with Crippen LogP contribution in [-0.4, -0.2) is 25.0 Å². The molecule has 2 rings (SSSR count). The van der Waals surface area contributed by atoms with Crippen LogP contribution in [0.25, 0.3) is 0 Å². The number of hydrogen-bond acceptors (Lipinski definition) is 2. The van der Waals surface area contributed by atoms with Crippen molar-refractivity contribution < 1.29 is 4.79 Å². The molecule has 1 aliphatic rings. The summed E-state index contributed by atoms with van der Waals surface area (Å²) in [5, 5.41) is 6.46. The van der Waals surface area contributed by atoms with Crippen LogP contribution in [0.5, 0.6) is 0 Å². The van der Waals surface area contributed by atoms with E-state index in [0.717, 1.165) is 29.5 Å². The Morgan fingerprint density at radius 2 is 2.25 bits per heavy atom. The molecule has 2 N–H and O–H groups in total. The first-order valence-corrected chi connectivity index (χ1v) is 7.57. The van der Waals surface area contributed by atoms with Gasteiger partial charge in [-0.1, -0.05) is 28.1 Å². The predicted octanol–water partition coefficient (Wildman–Crippen LogP) is 3.02. The summed E-state index contributed by atoms with van der Waals surface area (Å²) in [6, 6.07) is 8.38. The summed E-state index contributed by atoms with van der Waals surface area (Å²) in [6.45, 7) is 5.71. The molecule has 0 aromatic heterocycles. The van der Waals surface area contributed by atoms with E-state index in [0.29, 0.717) is 6.04 Å². The molecular weight excluding hydrogens is 340 g/mol. The van der Waals surface area contributed by atoms with Gasteiger partial charge in [0.15, 0.2) is 0 Å². The van der Waals surface area contributed by atoms with Crippen molar-refractivity contribution in [3.63, 3.8) is 0 Å². The van der Waals surface area contributed by atoms with Gasteiger partial charge in [0.25, 0.3) is 0 Å². The molecule has 20 heavy (non-hydrogen) atoms. The largest absolute Gasteiger partial charge is 0.354 e. The minimum absolute atomic E-state index is 0. The molecule has 1 unspecified atom stereocenters. The Bertz CT molecular complexity index is 459. The second-order valence-corrected chi connectivity index (χ2v) is 6.55. The highest BCUT2D eigenvalue weighted by Gasteiger charge is 2.30. The van der Waals surface area contributed by atoms with Gasteiger partial charge in [0, 0.05) is 17.1 Å². The van der Waals surface area contributed by atoms with Crippen molar-refractivity contribution in [2.75, 3.05) is 13.1 Å². The minimum Gasteiger partial charge on any atom is -0.354 e. The van der Waals surface area contributed by atoms with Gasteiger partial charge in [0.1, 0.15) is 0 Å². The first-order chi connectivity index (χ1) is 9.00. The number of halogens is 2. The lowest BCUT2D eigenvalue weighted by Crippen LogP contribution is -2.45. The zero-order valence-electron chi connectivity index (χ0n) is 11.9. The first-order valence-electron chi connectivity index (χ1n) is 6.78. The topological polar surface area (TPSA) is 41.1 Å². The number of benzene rings is 1. The monoisotopic (exact) mass is 360 g/mol. The van der Waals surface area contributed by atoms with Crippen LogP contribution >= 0.6 is 28.3 Å². The minimum atomic E-state index is -0.512. The fourth-order valence-corrected chi connectivity index (χ4v) is 2.78. The van der Waals surface area contributed by atoms with Crippen LogP contribution in [0.1, 0.15) is 32.3 Å². The Hall–Kier alpha value is -0.580. The average molecular weight is 362 g/mol. The number of carbonyl (C=O) groups excluding carboxylic acids is 1. The van der Waals surface area contributed by atoms with Gasteiger partial charge < -0.3 is 10.6 Å². The summed E-state index contributed by atoms with van der Waals surface area (Å²) in [4.78, 5) is 12.4. The second-order valence-electron chi connectivity index (χ2n) is 5.64. The van der Waals surface area contributed by atoms with E-state index in [2.05, 4.69) is 26.6 Å². The van der Waals surface area contributed by atoms with Gasteiger partial charge in [-0.2, -0.15) is 0 Å². The maximum Gasteiger partial charge on any atom is 0.230 e. The standard InChI is InChI=1S/C15H21BrN2O.ClH/c1-15(2,11-5-3-6-12(16)9-11)14(19)18-10-13-7-4-8-17-13;/h3,5-6,9,13,17H,4,7-8,10H2,1-2H3,(H,18,19);1H. The molecule has 1 amide bonds. The molecule has 0 saturated carbocycles. The Labute approximate surface area is 135 Å². The van der Waals surface area contributed by atoms with Crippen LogP contribution in [0.2, 0.25) is 0 Å². The summed E-state index contributed by atoms with van der Waals surface area (Å²) >= 11 is 3.45. The molecule has 1 aliphatic heterocycles. The van der Waals surface area contributed by atoms with Crippen LogP contribution in [0.4, 0.5) is 0 Å². The number of rotatable bonds is 4. The van der Waals surface area contributed by atoms with Crippen LogP contribution in [0, 0.1) is 0 Å². The van der Waals surface area contributed by atoms with Crippen molar-refractivity contribution in [2.45, 2.75) is 38.1 Å². The molecule has 1 aromatic rings. The van der Waals surface area contributed by atoms with Crippen molar-refractivity contribution in [3.05, 3.63) is 34.3 Å². The van der Waals surface area contributed by atoms with Gasteiger partial charge in [-0.15, -0.1) is 12.4 Å². The molecule has 0 bridgehead atoms.